The second kappa shape index (κ2) is 10.0. The molecule has 37 heavy (non-hydrogen) atoms. The number of aliphatic hydroxyl groups excluding tert-OH is 1. The average molecular weight is 513 g/mol. The van der Waals surface area contributed by atoms with E-state index < -0.39 is 46.7 Å². The molecule has 0 aliphatic heterocycles. The number of hydrogen-bond donors (Lipinski definition) is 4. The molecule has 0 fully saturated rings. The van der Waals surface area contributed by atoms with Crippen molar-refractivity contribution in [2.45, 2.75) is 25.2 Å². The van der Waals surface area contributed by atoms with Crippen molar-refractivity contribution in [3.63, 3.8) is 0 Å². The van der Waals surface area contributed by atoms with Crippen molar-refractivity contribution in [3.05, 3.63) is 101 Å². The van der Waals surface area contributed by atoms with Crippen LogP contribution in [0.15, 0.2) is 73.1 Å². The Kier molecular flexibility index (Phi) is 7.01. The second-order valence-corrected chi connectivity index (χ2v) is 8.32. The number of aliphatic hydroxyl groups is 1. The van der Waals surface area contributed by atoms with Crippen molar-refractivity contribution in [2.75, 3.05) is 5.32 Å². The molecule has 0 saturated carbocycles. The van der Waals surface area contributed by atoms with E-state index in [1.165, 1.54) is 4.40 Å². The summed E-state index contributed by atoms with van der Waals surface area (Å²) in [6, 6.07) is 11.8. The van der Waals surface area contributed by atoms with E-state index in [9.17, 15) is 27.5 Å². The first-order chi connectivity index (χ1) is 17.5. The molecule has 0 radical (unpaired) electrons. The topological polar surface area (TPSA) is 119 Å². The van der Waals surface area contributed by atoms with Crippen molar-refractivity contribution in [1.29, 1.82) is 0 Å². The van der Waals surface area contributed by atoms with Crippen molar-refractivity contribution in [1.82, 2.24) is 9.38 Å². The lowest BCUT2D eigenvalue weighted by Gasteiger charge is -2.18. The normalized spacial score (nSPS) is 13.7. The van der Waals surface area contributed by atoms with Crippen LogP contribution in [0, 0.1) is 5.82 Å². The van der Waals surface area contributed by atoms with Crippen LogP contribution in [-0.2, 0) is 6.18 Å². The number of benzene rings is 2. The number of halogens is 4. The van der Waals surface area contributed by atoms with Crippen LogP contribution in [0.1, 0.15) is 46.1 Å². The summed E-state index contributed by atoms with van der Waals surface area (Å²) in [4.78, 5) is 17.8. The Hall–Kier alpha value is -4.22. The van der Waals surface area contributed by atoms with Gasteiger partial charge in [0.2, 0.25) is 0 Å². The molecule has 0 bridgehead atoms. The number of amides is 1. The van der Waals surface area contributed by atoms with Gasteiger partial charge < -0.3 is 21.9 Å². The van der Waals surface area contributed by atoms with Crippen molar-refractivity contribution < 1.29 is 27.5 Å². The molecule has 4 aromatic rings. The molecule has 1 amide bonds. The number of aromatic nitrogens is 2. The van der Waals surface area contributed by atoms with Gasteiger partial charge in [0, 0.05) is 11.8 Å². The monoisotopic (exact) mass is 513 g/mol. The van der Waals surface area contributed by atoms with Gasteiger partial charge in [0.15, 0.2) is 0 Å². The zero-order valence-electron chi connectivity index (χ0n) is 19.5. The number of fused-ring (bicyclic) bond motifs is 1. The minimum Gasteiger partial charge on any atom is -0.405 e. The SMILES string of the molecule is CC(O)c1ccn2c(NC(=O)c3cc(C(N)/C=C\N)c(C(F)(F)F)cc3F)c(-c3ccccc3)nc2c1. The first kappa shape index (κ1) is 25.9. The van der Waals surface area contributed by atoms with E-state index in [4.69, 9.17) is 11.5 Å². The Morgan fingerprint density at radius 3 is 2.49 bits per heavy atom. The Morgan fingerprint density at radius 2 is 1.86 bits per heavy atom. The Bertz CT molecular complexity index is 1480. The third-order valence-electron chi connectivity index (χ3n) is 5.78. The number of nitrogens with two attached hydrogens (primary N) is 2. The van der Waals surface area contributed by atoms with Gasteiger partial charge in [0.05, 0.1) is 23.3 Å². The smallest absolute Gasteiger partial charge is 0.405 e. The second-order valence-electron chi connectivity index (χ2n) is 8.32. The first-order valence-electron chi connectivity index (χ1n) is 11.1. The van der Waals surface area contributed by atoms with E-state index in [-0.39, 0.29) is 11.9 Å². The zero-order valence-corrected chi connectivity index (χ0v) is 19.5. The zero-order chi connectivity index (χ0) is 26.9. The number of alkyl halides is 3. The Labute approximate surface area is 209 Å². The number of hydrogen-bond acceptors (Lipinski definition) is 5. The van der Waals surface area contributed by atoms with Crippen LogP contribution in [0.2, 0.25) is 0 Å². The average Bonchev–Trinajstić information content (AvgIpc) is 3.21. The predicted molar refractivity (Wildman–Crippen MR) is 131 cm³/mol. The molecule has 0 saturated heterocycles. The minimum atomic E-state index is -4.91. The van der Waals surface area contributed by atoms with Gasteiger partial charge in [0.1, 0.15) is 23.0 Å². The van der Waals surface area contributed by atoms with Crippen LogP contribution < -0.4 is 16.8 Å². The maximum atomic E-state index is 14.9. The molecule has 0 aliphatic rings. The van der Waals surface area contributed by atoms with E-state index in [1.54, 1.807) is 55.6 Å². The molecule has 0 spiro atoms. The Morgan fingerprint density at radius 1 is 1.16 bits per heavy atom. The summed E-state index contributed by atoms with van der Waals surface area (Å²) < 4.78 is 57.1. The number of anilines is 1. The van der Waals surface area contributed by atoms with Crippen LogP contribution in [0.5, 0.6) is 0 Å². The van der Waals surface area contributed by atoms with Gasteiger partial charge >= 0.3 is 6.18 Å². The molecule has 11 heteroatoms. The van der Waals surface area contributed by atoms with Crippen LogP contribution in [0.25, 0.3) is 16.9 Å². The van der Waals surface area contributed by atoms with Crippen molar-refractivity contribution in [3.8, 4) is 11.3 Å². The number of carbonyl (C=O) groups is 1. The number of pyridine rings is 1. The number of nitrogens with zero attached hydrogens (tertiary/aromatic N) is 2. The van der Waals surface area contributed by atoms with Crippen molar-refractivity contribution in [2.24, 2.45) is 11.5 Å². The summed E-state index contributed by atoms with van der Waals surface area (Å²) in [5, 5.41) is 12.5. The largest absolute Gasteiger partial charge is 0.416 e. The number of imidazole rings is 1. The van der Waals surface area contributed by atoms with Gasteiger partial charge in [-0.1, -0.05) is 30.3 Å². The third kappa shape index (κ3) is 5.18. The molecule has 6 N–H and O–H groups in total. The fourth-order valence-electron chi connectivity index (χ4n) is 3.92. The minimum absolute atomic E-state index is 0.162. The molecule has 7 nitrogen and oxygen atoms in total. The van der Waals surface area contributed by atoms with Gasteiger partial charge in [-0.2, -0.15) is 13.2 Å². The summed E-state index contributed by atoms with van der Waals surface area (Å²) in [5.74, 6) is -2.21. The number of carbonyl (C=O) groups excluding carboxylic acids is 1. The third-order valence-corrected chi connectivity index (χ3v) is 5.78. The highest BCUT2D eigenvalue weighted by Crippen LogP contribution is 2.37. The molecule has 2 heterocycles. The quantitative estimate of drug-likeness (QED) is 0.273. The van der Waals surface area contributed by atoms with E-state index in [0.717, 1.165) is 18.3 Å². The maximum Gasteiger partial charge on any atom is 0.416 e. The summed E-state index contributed by atoms with van der Waals surface area (Å²) in [6.45, 7) is 1.59. The first-order valence-corrected chi connectivity index (χ1v) is 11.1. The lowest BCUT2D eigenvalue weighted by Crippen LogP contribution is -2.21. The van der Waals surface area contributed by atoms with E-state index in [2.05, 4.69) is 10.3 Å². The predicted octanol–water partition coefficient (Wildman–Crippen LogP) is 4.94. The molecule has 2 aromatic heterocycles. The van der Waals surface area contributed by atoms with Crippen LogP contribution in [0.3, 0.4) is 0 Å². The molecule has 2 aromatic carbocycles. The summed E-state index contributed by atoms with van der Waals surface area (Å²) in [6.07, 6.45) is -2.04. The van der Waals surface area contributed by atoms with Gasteiger partial charge in [-0.05, 0) is 54.6 Å². The summed E-state index contributed by atoms with van der Waals surface area (Å²) >= 11 is 0. The van der Waals surface area contributed by atoms with Gasteiger partial charge in [-0.15, -0.1) is 0 Å². The lowest BCUT2D eigenvalue weighted by atomic mass is 9.96. The van der Waals surface area contributed by atoms with Crippen LogP contribution in [0.4, 0.5) is 23.4 Å². The fraction of sp³-hybridized carbons (Fsp3) is 0.154. The van der Waals surface area contributed by atoms with E-state index in [1.807, 2.05) is 0 Å². The van der Waals surface area contributed by atoms with E-state index in [0.29, 0.717) is 22.5 Å². The Balaban J connectivity index is 1.84. The van der Waals surface area contributed by atoms with Gasteiger partial charge in [0.25, 0.3) is 5.91 Å². The number of rotatable bonds is 6. The molecule has 192 valence electrons. The van der Waals surface area contributed by atoms with Gasteiger partial charge in [-0.3, -0.25) is 9.20 Å². The highest BCUT2D eigenvalue weighted by atomic mass is 19.4. The standard InChI is InChI=1S/C26H23F4N5O2/c1-14(36)16-8-10-35-22(11-16)33-23(15-5-3-2-4-6-15)24(35)34-25(37)18-12-17(21(32)7-9-31)19(13-20(18)27)26(28,29)30/h2-14,21,36H,31-32H2,1H3,(H,34,37)/b9-7-. The fourth-order valence-corrected chi connectivity index (χ4v) is 3.92. The highest BCUT2D eigenvalue weighted by Gasteiger charge is 2.36. The molecular weight excluding hydrogens is 490 g/mol. The summed E-state index contributed by atoms with van der Waals surface area (Å²) in [7, 11) is 0. The molecule has 2 unspecified atom stereocenters. The lowest BCUT2D eigenvalue weighted by molar-refractivity contribution is -0.138. The molecule has 0 aliphatic carbocycles. The molecule has 2 atom stereocenters. The van der Waals surface area contributed by atoms with Crippen LogP contribution in [-0.4, -0.2) is 20.4 Å². The van der Waals surface area contributed by atoms with Crippen LogP contribution >= 0.6 is 0 Å². The van der Waals surface area contributed by atoms with E-state index >= 15 is 0 Å². The molecular formula is C26H23F4N5O2. The van der Waals surface area contributed by atoms with Gasteiger partial charge in [-0.25, -0.2) is 9.37 Å². The maximum absolute atomic E-state index is 14.9. The summed E-state index contributed by atoms with van der Waals surface area (Å²) in [5.41, 5.74) is 10.6. The molecule has 4 rings (SSSR count). The highest BCUT2D eigenvalue weighted by molar-refractivity contribution is 6.06. The van der Waals surface area contributed by atoms with Crippen molar-refractivity contribution >= 4 is 17.4 Å². The number of nitrogens with one attached hydrogen (secondary N) is 1.